The van der Waals surface area contributed by atoms with Crippen LogP contribution in [0.25, 0.3) is 10.9 Å². The average Bonchev–Trinajstić information content (AvgIpc) is 2.96. The number of hydrogen-bond donors (Lipinski definition) is 2. The summed E-state index contributed by atoms with van der Waals surface area (Å²) >= 11 is 0. The van der Waals surface area contributed by atoms with Gasteiger partial charge in [-0.25, -0.2) is 0 Å². The van der Waals surface area contributed by atoms with E-state index in [1.165, 1.54) is 40.6 Å². The number of aryl methyl sites for hydroxylation is 1. The SMILES string of the molecule is Cc1c(C2CCCN2)[nH]c2ccc(C(C)(C)C)cc12. The van der Waals surface area contributed by atoms with Gasteiger partial charge < -0.3 is 10.3 Å². The van der Waals surface area contributed by atoms with Gasteiger partial charge in [0.15, 0.2) is 0 Å². The number of aromatic amines is 1. The Balaban J connectivity index is 2.10. The molecule has 0 amide bonds. The molecule has 3 rings (SSSR count). The monoisotopic (exact) mass is 256 g/mol. The number of fused-ring (bicyclic) bond motifs is 1. The van der Waals surface area contributed by atoms with Crippen molar-refractivity contribution in [3.05, 3.63) is 35.0 Å². The van der Waals surface area contributed by atoms with Gasteiger partial charge in [-0.1, -0.05) is 26.8 Å². The lowest BCUT2D eigenvalue weighted by Gasteiger charge is -2.19. The Bertz CT molecular complexity index is 595. The van der Waals surface area contributed by atoms with Crippen LogP contribution in [0, 0.1) is 6.92 Å². The lowest BCUT2D eigenvalue weighted by atomic mass is 9.86. The number of benzene rings is 1. The van der Waals surface area contributed by atoms with Crippen LogP contribution in [0.2, 0.25) is 0 Å². The van der Waals surface area contributed by atoms with Crippen LogP contribution in [-0.2, 0) is 5.41 Å². The second-order valence-corrected chi connectivity index (χ2v) is 6.82. The molecule has 0 spiro atoms. The Hall–Kier alpha value is -1.28. The molecular weight excluding hydrogens is 232 g/mol. The summed E-state index contributed by atoms with van der Waals surface area (Å²) in [5, 5.41) is 4.97. The maximum Gasteiger partial charge on any atom is 0.0476 e. The van der Waals surface area contributed by atoms with E-state index in [2.05, 4.69) is 56.2 Å². The van der Waals surface area contributed by atoms with E-state index in [4.69, 9.17) is 0 Å². The van der Waals surface area contributed by atoms with Crippen molar-refractivity contribution in [1.82, 2.24) is 10.3 Å². The van der Waals surface area contributed by atoms with Crippen LogP contribution in [0.4, 0.5) is 0 Å². The van der Waals surface area contributed by atoms with Gasteiger partial charge in [0.1, 0.15) is 0 Å². The van der Waals surface area contributed by atoms with Crippen molar-refractivity contribution in [3.8, 4) is 0 Å². The van der Waals surface area contributed by atoms with Crippen LogP contribution < -0.4 is 5.32 Å². The quantitative estimate of drug-likeness (QED) is 0.786. The highest BCUT2D eigenvalue weighted by Crippen LogP contribution is 2.33. The first-order valence-corrected chi connectivity index (χ1v) is 7.33. The molecule has 1 fully saturated rings. The number of H-pyrrole nitrogens is 1. The van der Waals surface area contributed by atoms with Crippen LogP contribution in [0.1, 0.15) is 56.5 Å². The first kappa shape index (κ1) is 12.7. The topological polar surface area (TPSA) is 27.8 Å². The molecule has 0 bridgehead atoms. The molecule has 1 aromatic heterocycles. The van der Waals surface area contributed by atoms with Gasteiger partial charge in [0.2, 0.25) is 0 Å². The number of aromatic nitrogens is 1. The highest BCUT2D eigenvalue weighted by atomic mass is 15.0. The third-order valence-corrected chi connectivity index (χ3v) is 4.37. The van der Waals surface area contributed by atoms with Gasteiger partial charge >= 0.3 is 0 Å². The van der Waals surface area contributed by atoms with Crippen molar-refractivity contribution in [2.24, 2.45) is 0 Å². The molecule has 0 radical (unpaired) electrons. The summed E-state index contributed by atoms with van der Waals surface area (Å²) in [7, 11) is 0. The summed E-state index contributed by atoms with van der Waals surface area (Å²) in [4.78, 5) is 3.62. The zero-order valence-corrected chi connectivity index (χ0v) is 12.4. The summed E-state index contributed by atoms with van der Waals surface area (Å²) in [6.45, 7) is 10.2. The lowest BCUT2D eigenvalue weighted by molar-refractivity contribution is 0.591. The second-order valence-electron chi connectivity index (χ2n) is 6.82. The van der Waals surface area contributed by atoms with E-state index in [0.29, 0.717) is 6.04 Å². The maximum atomic E-state index is 3.62. The molecule has 1 aliphatic rings. The van der Waals surface area contributed by atoms with E-state index in [1.807, 2.05) is 0 Å². The molecule has 2 aromatic rings. The molecule has 19 heavy (non-hydrogen) atoms. The van der Waals surface area contributed by atoms with Crippen LogP contribution in [-0.4, -0.2) is 11.5 Å². The van der Waals surface area contributed by atoms with Gasteiger partial charge in [0.05, 0.1) is 0 Å². The summed E-state index contributed by atoms with van der Waals surface area (Å²) in [5.74, 6) is 0. The molecule has 1 saturated heterocycles. The summed E-state index contributed by atoms with van der Waals surface area (Å²) in [6.07, 6.45) is 2.53. The molecule has 1 aromatic carbocycles. The van der Waals surface area contributed by atoms with E-state index in [9.17, 15) is 0 Å². The van der Waals surface area contributed by atoms with Gasteiger partial charge in [-0.3, -0.25) is 0 Å². The van der Waals surface area contributed by atoms with Gasteiger partial charge in [0.25, 0.3) is 0 Å². The van der Waals surface area contributed by atoms with Crippen molar-refractivity contribution in [2.75, 3.05) is 6.54 Å². The fourth-order valence-electron chi connectivity index (χ4n) is 3.09. The molecule has 0 aliphatic carbocycles. The normalized spacial score (nSPS) is 20.3. The van der Waals surface area contributed by atoms with Crippen LogP contribution >= 0.6 is 0 Å². The minimum absolute atomic E-state index is 0.212. The largest absolute Gasteiger partial charge is 0.357 e. The Morgan fingerprint density at radius 3 is 2.63 bits per heavy atom. The Kier molecular flexibility index (Phi) is 2.94. The number of hydrogen-bond acceptors (Lipinski definition) is 1. The minimum atomic E-state index is 0.212. The van der Waals surface area contributed by atoms with Crippen LogP contribution in [0.3, 0.4) is 0 Å². The first-order valence-electron chi connectivity index (χ1n) is 7.33. The summed E-state index contributed by atoms with van der Waals surface area (Å²) in [5.41, 5.74) is 5.70. The Labute approximate surface area is 115 Å². The molecule has 0 saturated carbocycles. The minimum Gasteiger partial charge on any atom is -0.357 e. The summed E-state index contributed by atoms with van der Waals surface area (Å²) < 4.78 is 0. The Morgan fingerprint density at radius 2 is 2.00 bits per heavy atom. The van der Waals surface area contributed by atoms with Crippen molar-refractivity contribution < 1.29 is 0 Å². The third kappa shape index (κ3) is 2.18. The van der Waals surface area contributed by atoms with Crippen molar-refractivity contribution in [1.29, 1.82) is 0 Å². The third-order valence-electron chi connectivity index (χ3n) is 4.37. The molecule has 2 heteroatoms. The molecular formula is C17H24N2. The molecule has 2 N–H and O–H groups in total. The molecule has 2 nitrogen and oxygen atoms in total. The van der Waals surface area contributed by atoms with Gasteiger partial charge in [-0.15, -0.1) is 0 Å². The number of rotatable bonds is 1. The van der Waals surface area contributed by atoms with E-state index in [-0.39, 0.29) is 5.41 Å². The first-order chi connectivity index (χ1) is 8.97. The van der Waals surface area contributed by atoms with Gasteiger partial charge in [-0.2, -0.15) is 0 Å². The van der Waals surface area contributed by atoms with Crippen LogP contribution in [0.5, 0.6) is 0 Å². The Morgan fingerprint density at radius 1 is 1.21 bits per heavy atom. The van der Waals surface area contributed by atoms with Gasteiger partial charge in [0, 0.05) is 22.6 Å². The second kappa shape index (κ2) is 4.38. The highest BCUT2D eigenvalue weighted by molar-refractivity contribution is 5.85. The smallest absolute Gasteiger partial charge is 0.0476 e. The zero-order chi connectivity index (χ0) is 13.6. The summed E-state index contributed by atoms with van der Waals surface area (Å²) in [6, 6.07) is 7.37. The van der Waals surface area contributed by atoms with Crippen molar-refractivity contribution in [3.63, 3.8) is 0 Å². The number of nitrogens with one attached hydrogen (secondary N) is 2. The predicted octanol–water partition coefficient (Wildman–Crippen LogP) is 4.20. The molecule has 1 aliphatic heterocycles. The van der Waals surface area contributed by atoms with E-state index >= 15 is 0 Å². The van der Waals surface area contributed by atoms with E-state index < -0.39 is 0 Å². The van der Waals surface area contributed by atoms with Crippen LogP contribution in [0.15, 0.2) is 18.2 Å². The van der Waals surface area contributed by atoms with Gasteiger partial charge in [-0.05, 0) is 55.0 Å². The maximum absolute atomic E-state index is 3.62. The zero-order valence-electron chi connectivity index (χ0n) is 12.4. The highest BCUT2D eigenvalue weighted by Gasteiger charge is 2.22. The average molecular weight is 256 g/mol. The fourth-order valence-corrected chi connectivity index (χ4v) is 3.09. The molecule has 2 heterocycles. The molecule has 1 unspecified atom stereocenters. The van der Waals surface area contributed by atoms with E-state index in [1.54, 1.807) is 0 Å². The van der Waals surface area contributed by atoms with Crippen molar-refractivity contribution in [2.45, 2.75) is 52.0 Å². The van der Waals surface area contributed by atoms with Crippen molar-refractivity contribution >= 4 is 10.9 Å². The molecule has 1 atom stereocenters. The standard InChI is InChI=1S/C17H24N2/c1-11-13-10-12(17(2,3)4)7-8-14(13)19-16(11)15-6-5-9-18-15/h7-8,10,15,18-19H,5-6,9H2,1-4H3. The van der Waals surface area contributed by atoms with E-state index in [0.717, 1.165) is 6.54 Å². The fraction of sp³-hybridized carbons (Fsp3) is 0.529. The molecule has 102 valence electrons. The lowest BCUT2D eigenvalue weighted by Crippen LogP contribution is -2.13. The predicted molar refractivity (Wildman–Crippen MR) is 81.7 cm³/mol.